The van der Waals surface area contributed by atoms with Crippen LogP contribution in [0.1, 0.15) is 17.2 Å². The smallest absolute Gasteiger partial charge is 0.421 e. The number of hydrogen-bond acceptors (Lipinski definition) is 4. The van der Waals surface area contributed by atoms with Gasteiger partial charge in [-0.05, 0) is 29.8 Å². The Kier molecular flexibility index (Phi) is 6.73. The molecule has 6 nitrogen and oxygen atoms in total. The number of aromatic nitrogens is 1. The van der Waals surface area contributed by atoms with Gasteiger partial charge in [-0.1, -0.05) is 12.1 Å². The van der Waals surface area contributed by atoms with Crippen LogP contribution in [0.3, 0.4) is 0 Å². The van der Waals surface area contributed by atoms with Crippen molar-refractivity contribution in [2.45, 2.75) is 25.4 Å². The van der Waals surface area contributed by atoms with Crippen LogP contribution in [-0.2, 0) is 17.5 Å². The molecule has 152 valence electrons. The fourth-order valence-corrected chi connectivity index (χ4v) is 2.29. The number of rotatable bonds is 7. The lowest BCUT2D eigenvalue weighted by Gasteiger charge is -2.14. The van der Waals surface area contributed by atoms with Crippen LogP contribution in [0.5, 0.6) is 5.75 Å². The fourth-order valence-electron chi connectivity index (χ4n) is 2.29. The predicted molar refractivity (Wildman–Crippen MR) is 86.7 cm³/mol. The molecule has 2 N–H and O–H groups in total. The molecule has 1 aromatic heterocycles. The molecule has 1 unspecified atom stereocenters. The zero-order chi connectivity index (χ0) is 20.9. The Bertz CT molecular complexity index is 865. The van der Waals surface area contributed by atoms with Crippen molar-refractivity contribution >= 4 is 5.91 Å². The first-order valence-corrected chi connectivity index (χ1v) is 7.84. The summed E-state index contributed by atoms with van der Waals surface area (Å²) >= 11 is 0. The van der Waals surface area contributed by atoms with Crippen LogP contribution in [0.4, 0.5) is 22.0 Å². The minimum atomic E-state index is -4.84. The lowest BCUT2D eigenvalue weighted by atomic mass is 10.1. The molecule has 2 aromatic rings. The first-order chi connectivity index (χ1) is 13.1. The predicted octanol–water partition coefficient (Wildman–Crippen LogP) is 2.32. The number of aliphatic hydroxyl groups excluding tert-OH is 1. The van der Waals surface area contributed by atoms with E-state index in [0.29, 0.717) is 10.6 Å². The lowest BCUT2D eigenvalue weighted by Crippen LogP contribution is -2.36. The van der Waals surface area contributed by atoms with Crippen LogP contribution in [0.15, 0.2) is 47.4 Å². The summed E-state index contributed by atoms with van der Waals surface area (Å²) in [4.78, 5) is 23.6. The highest BCUT2D eigenvalue weighted by Crippen LogP contribution is 2.26. The molecular formula is C17H15F5N2O4. The number of nitrogens with zero attached hydrogens (tertiary/aromatic N) is 1. The molecule has 0 saturated carbocycles. The number of ether oxygens (including phenoxy) is 1. The van der Waals surface area contributed by atoms with E-state index in [4.69, 9.17) is 0 Å². The van der Waals surface area contributed by atoms with E-state index in [0.717, 1.165) is 12.3 Å². The minimum Gasteiger partial charge on any atom is -0.435 e. The van der Waals surface area contributed by atoms with Gasteiger partial charge in [0.25, 0.3) is 5.56 Å². The molecule has 0 aliphatic rings. The van der Waals surface area contributed by atoms with Gasteiger partial charge in [0.2, 0.25) is 5.91 Å². The third-order valence-corrected chi connectivity index (χ3v) is 3.62. The second-order valence-electron chi connectivity index (χ2n) is 5.62. The molecule has 0 aliphatic heterocycles. The summed E-state index contributed by atoms with van der Waals surface area (Å²) in [5, 5.41) is 12.3. The first kappa shape index (κ1) is 21.4. The molecule has 0 radical (unpaired) electrons. The highest BCUT2D eigenvalue weighted by atomic mass is 19.4. The van der Waals surface area contributed by atoms with Crippen molar-refractivity contribution in [1.82, 2.24) is 9.88 Å². The van der Waals surface area contributed by atoms with Crippen LogP contribution in [0.25, 0.3) is 0 Å². The van der Waals surface area contributed by atoms with E-state index in [-0.39, 0.29) is 17.9 Å². The van der Waals surface area contributed by atoms with Gasteiger partial charge in [0.15, 0.2) is 0 Å². The van der Waals surface area contributed by atoms with Gasteiger partial charge < -0.3 is 19.7 Å². The van der Waals surface area contributed by atoms with Crippen molar-refractivity contribution in [3.8, 4) is 5.75 Å². The van der Waals surface area contributed by atoms with E-state index in [1.807, 2.05) is 0 Å². The molecule has 1 atom stereocenters. The number of aliphatic hydroxyl groups is 1. The molecule has 0 aliphatic carbocycles. The monoisotopic (exact) mass is 406 g/mol. The number of hydrogen-bond donors (Lipinski definition) is 2. The van der Waals surface area contributed by atoms with Crippen molar-refractivity contribution in [1.29, 1.82) is 0 Å². The molecule has 11 heteroatoms. The average Bonchev–Trinajstić information content (AvgIpc) is 2.60. The Balaban J connectivity index is 1.95. The van der Waals surface area contributed by atoms with Gasteiger partial charge in [0, 0.05) is 12.7 Å². The molecule has 2 rings (SSSR count). The van der Waals surface area contributed by atoms with Crippen molar-refractivity contribution in [2.75, 3.05) is 6.54 Å². The van der Waals surface area contributed by atoms with Gasteiger partial charge in [-0.15, -0.1) is 0 Å². The molecule has 0 spiro atoms. The lowest BCUT2D eigenvalue weighted by molar-refractivity contribution is -0.139. The first-order valence-electron chi connectivity index (χ1n) is 7.84. The molecule has 1 heterocycles. The van der Waals surface area contributed by atoms with Gasteiger partial charge in [-0.25, -0.2) is 0 Å². The largest absolute Gasteiger partial charge is 0.435 e. The Hall–Kier alpha value is -2.95. The standard InChI is InChI=1S/C17H15F5N2O4/c18-16(19)28-11-5-3-10(4-6-11)13(25)8-23-14(26)9-24-7-1-2-12(15(24)27)17(20,21)22/h1-7,13,16,25H,8-9H2,(H,23,26). The number of carbonyl (C=O) groups is 1. The highest BCUT2D eigenvalue weighted by Gasteiger charge is 2.34. The van der Waals surface area contributed by atoms with Crippen LogP contribution in [0.2, 0.25) is 0 Å². The van der Waals surface area contributed by atoms with Gasteiger partial charge in [-0.2, -0.15) is 22.0 Å². The minimum absolute atomic E-state index is 0.112. The van der Waals surface area contributed by atoms with Crippen molar-refractivity contribution < 1.29 is 36.6 Å². The van der Waals surface area contributed by atoms with E-state index < -0.39 is 42.5 Å². The summed E-state index contributed by atoms with van der Waals surface area (Å²) in [7, 11) is 0. The summed E-state index contributed by atoms with van der Waals surface area (Å²) in [6.07, 6.45) is -5.01. The average molecular weight is 406 g/mol. The molecule has 1 aromatic carbocycles. The maximum Gasteiger partial charge on any atom is 0.421 e. The number of amides is 1. The van der Waals surface area contributed by atoms with Crippen LogP contribution in [0, 0.1) is 0 Å². The van der Waals surface area contributed by atoms with E-state index in [9.17, 15) is 36.6 Å². The van der Waals surface area contributed by atoms with E-state index in [1.165, 1.54) is 24.3 Å². The Labute approximate surface area is 155 Å². The maximum absolute atomic E-state index is 12.7. The molecule has 0 bridgehead atoms. The summed E-state index contributed by atoms with van der Waals surface area (Å²) in [5.74, 6) is -0.906. The third-order valence-electron chi connectivity index (χ3n) is 3.62. The number of halogens is 5. The van der Waals surface area contributed by atoms with E-state index in [1.54, 1.807) is 0 Å². The second-order valence-corrected chi connectivity index (χ2v) is 5.62. The summed E-state index contributed by atoms with van der Waals surface area (Å²) in [5.41, 5.74) is -2.47. The maximum atomic E-state index is 12.7. The van der Waals surface area contributed by atoms with Crippen molar-refractivity contribution in [3.05, 3.63) is 64.1 Å². The van der Waals surface area contributed by atoms with Crippen molar-refractivity contribution in [2.24, 2.45) is 0 Å². The SMILES string of the molecule is O=C(Cn1cccc(C(F)(F)F)c1=O)NCC(O)c1ccc(OC(F)F)cc1. The zero-order valence-electron chi connectivity index (χ0n) is 14.1. The van der Waals surface area contributed by atoms with Gasteiger partial charge in [0.05, 0.1) is 6.10 Å². The van der Waals surface area contributed by atoms with E-state index in [2.05, 4.69) is 10.1 Å². The van der Waals surface area contributed by atoms with Gasteiger partial charge in [-0.3, -0.25) is 9.59 Å². The quantitative estimate of drug-likeness (QED) is 0.692. The fraction of sp³-hybridized carbons (Fsp3) is 0.294. The van der Waals surface area contributed by atoms with Crippen LogP contribution < -0.4 is 15.6 Å². The number of carbonyl (C=O) groups excluding carboxylic acids is 1. The molecule has 1 amide bonds. The summed E-state index contributed by atoms with van der Waals surface area (Å²) < 4.78 is 67.0. The van der Waals surface area contributed by atoms with Gasteiger partial charge in [0.1, 0.15) is 17.9 Å². The molecule has 0 fully saturated rings. The van der Waals surface area contributed by atoms with Crippen molar-refractivity contribution in [3.63, 3.8) is 0 Å². The number of alkyl halides is 5. The van der Waals surface area contributed by atoms with Gasteiger partial charge >= 0.3 is 12.8 Å². The topological polar surface area (TPSA) is 80.6 Å². The number of benzene rings is 1. The molecule has 28 heavy (non-hydrogen) atoms. The summed E-state index contributed by atoms with van der Waals surface area (Å²) in [6.45, 7) is -3.97. The van der Waals surface area contributed by atoms with E-state index >= 15 is 0 Å². The van der Waals surface area contributed by atoms with Crippen LogP contribution >= 0.6 is 0 Å². The summed E-state index contributed by atoms with van der Waals surface area (Å²) in [6, 6.07) is 6.64. The number of pyridine rings is 1. The van der Waals surface area contributed by atoms with Crippen LogP contribution in [-0.4, -0.2) is 28.7 Å². The molecular weight excluding hydrogens is 391 g/mol. The Morgan fingerprint density at radius 1 is 1.18 bits per heavy atom. The number of nitrogens with one attached hydrogen (secondary N) is 1. The second kappa shape index (κ2) is 8.83. The third kappa shape index (κ3) is 5.78. The molecule has 0 saturated heterocycles. The Morgan fingerprint density at radius 2 is 1.82 bits per heavy atom. The Morgan fingerprint density at radius 3 is 2.39 bits per heavy atom. The normalized spacial score (nSPS) is 12.7. The zero-order valence-corrected chi connectivity index (χ0v) is 14.1. The highest BCUT2D eigenvalue weighted by molar-refractivity contribution is 5.75.